The summed E-state index contributed by atoms with van der Waals surface area (Å²) in [5.41, 5.74) is 3.61. The Morgan fingerprint density at radius 2 is 1.90 bits per heavy atom. The SMILES string of the molecule is Cc1cccc(NC(=O)C2CC(=O)c3ccccc3C2)c1. The van der Waals surface area contributed by atoms with E-state index in [0.717, 1.165) is 22.4 Å². The van der Waals surface area contributed by atoms with Crippen molar-refractivity contribution >= 4 is 17.4 Å². The molecule has 0 aromatic heterocycles. The van der Waals surface area contributed by atoms with Crippen molar-refractivity contribution in [2.24, 2.45) is 5.92 Å². The van der Waals surface area contributed by atoms with Crippen molar-refractivity contribution in [1.82, 2.24) is 0 Å². The van der Waals surface area contributed by atoms with Crippen molar-refractivity contribution in [1.29, 1.82) is 0 Å². The molecule has 0 bridgehead atoms. The van der Waals surface area contributed by atoms with E-state index in [9.17, 15) is 9.59 Å². The zero-order valence-electron chi connectivity index (χ0n) is 11.9. The smallest absolute Gasteiger partial charge is 0.228 e. The largest absolute Gasteiger partial charge is 0.326 e. The van der Waals surface area contributed by atoms with Gasteiger partial charge in [0.15, 0.2) is 5.78 Å². The Labute approximate surface area is 124 Å². The van der Waals surface area contributed by atoms with Gasteiger partial charge in [0.05, 0.1) is 0 Å². The van der Waals surface area contributed by atoms with Crippen LogP contribution in [0.1, 0.15) is 27.9 Å². The highest BCUT2D eigenvalue weighted by atomic mass is 16.2. The third-order valence-corrected chi connectivity index (χ3v) is 3.87. The van der Waals surface area contributed by atoms with Crippen molar-refractivity contribution in [3.05, 3.63) is 65.2 Å². The van der Waals surface area contributed by atoms with Gasteiger partial charge in [-0.2, -0.15) is 0 Å². The number of benzene rings is 2. The van der Waals surface area contributed by atoms with Gasteiger partial charge in [0.25, 0.3) is 0 Å². The minimum atomic E-state index is -0.284. The van der Waals surface area contributed by atoms with Crippen LogP contribution in [0.15, 0.2) is 48.5 Å². The number of nitrogens with one attached hydrogen (secondary N) is 1. The van der Waals surface area contributed by atoms with Gasteiger partial charge in [0.1, 0.15) is 0 Å². The Balaban J connectivity index is 1.76. The van der Waals surface area contributed by atoms with Gasteiger partial charge in [-0.15, -0.1) is 0 Å². The second-order valence-corrected chi connectivity index (χ2v) is 5.54. The van der Waals surface area contributed by atoms with Crippen molar-refractivity contribution in [3.8, 4) is 0 Å². The highest BCUT2D eigenvalue weighted by Crippen LogP contribution is 2.26. The molecule has 1 N–H and O–H groups in total. The molecule has 1 amide bonds. The number of anilines is 1. The Morgan fingerprint density at radius 1 is 1.10 bits per heavy atom. The maximum atomic E-state index is 12.4. The molecule has 3 rings (SSSR count). The number of hydrogen-bond donors (Lipinski definition) is 1. The second-order valence-electron chi connectivity index (χ2n) is 5.54. The molecule has 1 aliphatic rings. The van der Waals surface area contributed by atoms with Crippen LogP contribution in [0, 0.1) is 12.8 Å². The summed E-state index contributed by atoms with van der Waals surface area (Å²) in [5, 5.41) is 2.91. The molecule has 3 heteroatoms. The van der Waals surface area contributed by atoms with Gasteiger partial charge in [-0.25, -0.2) is 0 Å². The van der Waals surface area contributed by atoms with Crippen molar-refractivity contribution in [2.75, 3.05) is 5.32 Å². The minimum Gasteiger partial charge on any atom is -0.326 e. The lowest BCUT2D eigenvalue weighted by Crippen LogP contribution is -2.30. The van der Waals surface area contributed by atoms with Crippen LogP contribution in [0.2, 0.25) is 0 Å². The van der Waals surface area contributed by atoms with Gasteiger partial charge in [0, 0.05) is 23.6 Å². The molecule has 0 radical (unpaired) electrons. The molecule has 1 aliphatic carbocycles. The van der Waals surface area contributed by atoms with Crippen molar-refractivity contribution in [2.45, 2.75) is 19.8 Å². The first kappa shape index (κ1) is 13.6. The van der Waals surface area contributed by atoms with Gasteiger partial charge < -0.3 is 5.32 Å². The van der Waals surface area contributed by atoms with Gasteiger partial charge in [-0.3, -0.25) is 9.59 Å². The summed E-state index contributed by atoms with van der Waals surface area (Å²) in [6, 6.07) is 15.2. The molecule has 0 aliphatic heterocycles. The fourth-order valence-corrected chi connectivity index (χ4v) is 2.79. The minimum absolute atomic E-state index is 0.0567. The predicted molar refractivity (Wildman–Crippen MR) is 82.4 cm³/mol. The van der Waals surface area contributed by atoms with Gasteiger partial charge >= 0.3 is 0 Å². The lowest BCUT2D eigenvalue weighted by molar-refractivity contribution is -0.119. The van der Waals surface area contributed by atoms with E-state index in [0.29, 0.717) is 6.42 Å². The number of fused-ring (bicyclic) bond motifs is 1. The third-order valence-electron chi connectivity index (χ3n) is 3.87. The molecule has 0 saturated carbocycles. The fraction of sp³-hybridized carbons (Fsp3) is 0.222. The van der Waals surface area contributed by atoms with E-state index >= 15 is 0 Å². The second kappa shape index (κ2) is 5.52. The van der Waals surface area contributed by atoms with Crippen LogP contribution >= 0.6 is 0 Å². The molecule has 3 nitrogen and oxygen atoms in total. The summed E-state index contributed by atoms with van der Waals surface area (Å²) >= 11 is 0. The zero-order valence-corrected chi connectivity index (χ0v) is 11.9. The molecule has 106 valence electrons. The summed E-state index contributed by atoms with van der Waals surface area (Å²) < 4.78 is 0. The van der Waals surface area contributed by atoms with Gasteiger partial charge in [-0.1, -0.05) is 36.4 Å². The summed E-state index contributed by atoms with van der Waals surface area (Å²) in [7, 11) is 0. The first-order valence-electron chi connectivity index (χ1n) is 7.12. The van der Waals surface area contributed by atoms with Crippen molar-refractivity contribution < 1.29 is 9.59 Å². The number of rotatable bonds is 2. The number of carbonyl (C=O) groups excluding carboxylic acids is 2. The van der Waals surface area contributed by atoms with E-state index in [2.05, 4.69) is 5.32 Å². The number of Topliss-reactive ketones (excluding diaryl/α,β-unsaturated/α-hetero) is 1. The topological polar surface area (TPSA) is 46.2 Å². The van der Waals surface area contributed by atoms with E-state index in [1.807, 2.05) is 55.5 Å². The van der Waals surface area contributed by atoms with Crippen LogP contribution in [0.5, 0.6) is 0 Å². The first-order chi connectivity index (χ1) is 10.1. The third kappa shape index (κ3) is 2.87. The van der Waals surface area contributed by atoms with Crippen LogP contribution < -0.4 is 5.32 Å². The van der Waals surface area contributed by atoms with E-state index in [4.69, 9.17) is 0 Å². The molecule has 0 spiro atoms. The lowest BCUT2D eigenvalue weighted by atomic mass is 9.82. The van der Waals surface area contributed by atoms with Crippen LogP contribution in [0.4, 0.5) is 5.69 Å². The molecule has 2 aromatic carbocycles. The average Bonchev–Trinajstić information content (AvgIpc) is 2.47. The van der Waals surface area contributed by atoms with E-state index in [1.54, 1.807) is 0 Å². The summed E-state index contributed by atoms with van der Waals surface area (Å²) in [6.45, 7) is 1.98. The van der Waals surface area contributed by atoms with Crippen LogP contribution in [0.25, 0.3) is 0 Å². The Hall–Kier alpha value is -2.42. The standard InChI is InChI=1S/C18H17NO2/c1-12-5-4-7-15(9-12)19-18(21)14-10-13-6-2-3-8-16(13)17(20)11-14/h2-9,14H,10-11H2,1H3,(H,19,21). The summed E-state index contributed by atoms with van der Waals surface area (Å²) in [4.78, 5) is 24.5. The maximum Gasteiger partial charge on any atom is 0.228 e. The number of amides is 1. The lowest BCUT2D eigenvalue weighted by Gasteiger charge is -2.22. The molecular weight excluding hydrogens is 262 g/mol. The first-order valence-corrected chi connectivity index (χ1v) is 7.12. The van der Waals surface area contributed by atoms with Crippen LogP contribution in [-0.2, 0) is 11.2 Å². The quantitative estimate of drug-likeness (QED) is 0.916. The van der Waals surface area contributed by atoms with E-state index < -0.39 is 0 Å². The Bertz CT molecular complexity index is 706. The van der Waals surface area contributed by atoms with Crippen LogP contribution in [-0.4, -0.2) is 11.7 Å². The van der Waals surface area contributed by atoms with Crippen molar-refractivity contribution in [3.63, 3.8) is 0 Å². The number of aryl methyl sites for hydroxylation is 1. The molecular formula is C18H17NO2. The molecule has 0 fully saturated rings. The highest BCUT2D eigenvalue weighted by Gasteiger charge is 2.29. The molecule has 0 heterocycles. The number of hydrogen-bond acceptors (Lipinski definition) is 2. The number of carbonyl (C=O) groups is 2. The monoisotopic (exact) mass is 279 g/mol. The average molecular weight is 279 g/mol. The zero-order chi connectivity index (χ0) is 14.8. The predicted octanol–water partition coefficient (Wildman–Crippen LogP) is 3.38. The maximum absolute atomic E-state index is 12.4. The molecule has 2 aromatic rings. The summed E-state index contributed by atoms with van der Waals surface area (Å²) in [6.07, 6.45) is 0.911. The van der Waals surface area contributed by atoms with Gasteiger partial charge in [0.2, 0.25) is 5.91 Å². The normalized spacial score (nSPS) is 17.2. The molecule has 1 atom stereocenters. The Morgan fingerprint density at radius 3 is 2.71 bits per heavy atom. The highest BCUT2D eigenvalue weighted by molar-refractivity contribution is 6.03. The fourth-order valence-electron chi connectivity index (χ4n) is 2.79. The molecule has 1 unspecified atom stereocenters. The Kier molecular flexibility index (Phi) is 3.57. The number of ketones is 1. The van der Waals surface area contributed by atoms with E-state index in [1.165, 1.54) is 0 Å². The van der Waals surface area contributed by atoms with Crippen LogP contribution in [0.3, 0.4) is 0 Å². The van der Waals surface area contributed by atoms with Gasteiger partial charge in [-0.05, 0) is 36.6 Å². The molecule has 21 heavy (non-hydrogen) atoms. The molecule has 0 saturated heterocycles. The summed E-state index contributed by atoms with van der Waals surface area (Å²) in [5.74, 6) is -0.308. The van der Waals surface area contributed by atoms with E-state index in [-0.39, 0.29) is 24.0 Å².